The topological polar surface area (TPSA) is 55.4 Å². The number of alkyl carbamates (subject to hydrolysis) is 1. The van der Waals surface area contributed by atoms with E-state index in [0.29, 0.717) is 0 Å². The number of carbonyl (C=O) groups excluding carboxylic acids is 2. The molecule has 11 heavy (non-hydrogen) atoms. The molecular formula is C7H11NO3. The van der Waals surface area contributed by atoms with E-state index in [9.17, 15) is 9.59 Å². The summed E-state index contributed by atoms with van der Waals surface area (Å²) in [5.41, 5.74) is 0.825. The zero-order valence-corrected chi connectivity index (χ0v) is 6.80. The summed E-state index contributed by atoms with van der Waals surface area (Å²) >= 11 is 0. The second kappa shape index (κ2) is 4.49. The lowest BCUT2D eigenvalue weighted by molar-refractivity contribution is -0.115. The molecule has 62 valence electrons. The van der Waals surface area contributed by atoms with Crippen molar-refractivity contribution < 1.29 is 14.3 Å². The molecule has 0 saturated heterocycles. The second-order valence-corrected chi connectivity index (χ2v) is 2.20. The molecule has 4 heteroatoms. The Labute approximate surface area is 65.2 Å². The monoisotopic (exact) mass is 157 g/mol. The molecule has 4 nitrogen and oxygen atoms in total. The van der Waals surface area contributed by atoms with E-state index in [2.05, 4.69) is 4.74 Å². The zero-order chi connectivity index (χ0) is 8.85. The molecule has 0 aromatic heterocycles. The Morgan fingerprint density at radius 3 is 2.27 bits per heavy atom. The summed E-state index contributed by atoms with van der Waals surface area (Å²) in [6.07, 6.45) is 0.573. The highest BCUT2D eigenvalue weighted by Crippen LogP contribution is 1.87. The predicted molar refractivity (Wildman–Crippen MR) is 40.0 cm³/mol. The first-order chi connectivity index (χ1) is 5.06. The fourth-order valence-corrected chi connectivity index (χ4v) is 0.450. The molecular weight excluding hydrogens is 146 g/mol. The van der Waals surface area contributed by atoms with Gasteiger partial charge in [-0.25, -0.2) is 4.79 Å². The van der Waals surface area contributed by atoms with Crippen LogP contribution >= 0.6 is 0 Å². The van der Waals surface area contributed by atoms with E-state index < -0.39 is 12.0 Å². The van der Waals surface area contributed by atoms with Crippen LogP contribution in [0.15, 0.2) is 11.6 Å². The molecule has 0 aromatic carbocycles. The molecule has 0 bridgehead atoms. The molecule has 0 aromatic rings. The summed E-state index contributed by atoms with van der Waals surface area (Å²) in [5, 5.41) is 1.98. The normalized spacial score (nSPS) is 8.27. The number of ether oxygens (including phenoxy) is 1. The first-order valence-electron chi connectivity index (χ1n) is 3.10. The molecule has 0 aliphatic carbocycles. The minimum atomic E-state index is -0.743. The van der Waals surface area contributed by atoms with Gasteiger partial charge in [0.05, 0.1) is 7.11 Å². The van der Waals surface area contributed by atoms with Crippen LogP contribution in [0.4, 0.5) is 4.79 Å². The number of nitrogens with one attached hydrogen (secondary N) is 1. The summed E-state index contributed by atoms with van der Waals surface area (Å²) in [4.78, 5) is 21.2. The van der Waals surface area contributed by atoms with Crippen LogP contribution in [-0.4, -0.2) is 19.1 Å². The van der Waals surface area contributed by atoms with Gasteiger partial charge in [-0.2, -0.15) is 0 Å². The van der Waals surface area contributed by atoms with Crippen LogP contribution in [0, 0.1) is 0 Å². The molecule has 0 fully saturated rings. The summed E-state index contributed by atoms with van der Waals surface area (Å²) in [7, 11) is 1.20. The second-order valence-electron chi connectivity index (χ2n) is 2.20. The molecule has 0 aliphatic rings. The molecule has 0 spiro atoms. The van der Waals surface area contributed by atoms with Crippen LogP contribution in [0.25, 0.3) is 0 Å². The van der Waals surface area contributed by atoms with Gasteiger partial charge >= 0.3 is 6.09 Å². The quantitative estimate of drug-likeness (QED) is 0.574. The van der Waals surface area contributed by atoms with Crippen molar-refractivity contribution in [2.24, 2.45) is 0 Å². The molecule has 0 aliphatic heterocycles. The third-order valence-electron chi connectivity index (χ3n) is 0.830. The minimum Gasteiger partial charge on any atom is -0.453 e. The van der Waals surface area contributed by atoms with Crippen molar-refractivity contribution in [3.8, 4) is 0 Å². The molecule has 0 saturated carbocycles. The van der Waals surface area contributed by atoms with E-state index in [1.165, 1.54) is 13.2 Å². The van der Waals surface area contributed by atoms with Crippen molar-refractivity contribution in [1.29, 1.82) is 0 Å². The van der Waals surface area contributed by atoms with Gasteiger partial charge in [-0.15, -0.1) is 0 Å². The number of imide groups is 1. The Bertz CT molecular complexity index is 192. The van der Waals surface area contributed by atoms with Crippen LogP contribution < -0.4 is 5.32 Å². The lowest BCUT2D eigenvalue weighted by Gasteiger charge is -1.97. The maximum atomic E-state index is 10.7. The van der Waals surface area contributed by atoms with E-state index in [0.717, 1.165) is 5.57 Å². The van der Waals surface area contributed by atoms with E-state index in [-0.39, 0.29) is 0 Å². The first kappa shape index (κ1) is 9.68. The van der Waals surface area contributed by atoms with Crippen LogP contribution in [-0.2, 0) is 9.53 Å². The standard InChI is InChI=1S/C7H11NO3/c1-5(2)4-6(9)8-7(10)11-3/h4H,1-3H3,(H,8,9,10). The van der Waals surface area contributed by atoms with Crippen molar-refractivity contribution in [3.05, 3.63) is 11.6 Å². The summed E-state index contributed by atoms with van der Waals surface area (Å²) < 4.78 is 4.20. The fraction of sp³-hybridized carbons (Fsp3) is 0.429. The predicted octanol–water partition coefficient (Wildman–Crippen LogP) is 0.835. The molecule has 0 atom stereocenters. The van der Waals surface area contributed by atoms with Crippen LogP contribution in [0.5, 0.6) is 0 Å². The van der Waals surface area contributed by atoms with E-state index >= 15 is 0 Å². The van der Waals surface area contributed by atoms with Crippen LogP contribution in [0.2, 0.25) is 0 Å². The number of allylic oxidation sites excluding steroid dienone is 1. The smallest absolute Gasteiger partial charge is 0.413 e. The number of amides is 2. The van der Waals surface area contributed by atoms with Gasteiger partial charge in [-0.05, 0) is 13.8 Å². The van der Waals surface area contributed by atoms with Crippen molar-refractivity contribution in [2.45, 2.75) is 13.8 Å². The molecule has 0 radical (unpaired) electrons. The van der Waals surface area contributed by atoms with Gasteiger partial charge in [0.2, 0.25) is 0 Å². The fourth-order valence-electron chi connectivity index (χ4n) is 0.450. The number of hydrogen-bond acceptors (Lipinski definition) is 3. The zero-order valence-electron chi connectivity index (χ0n) is 6.80. The molecule has 0 rings (SSSR count). The van der Waals surface area contributed by atoms with Gasteiger partial charge in [0, 0.05) is 6.08 Å². The van der Waals surface area contributed by atoms with E-state index in [1.54, 1.807) is 13.8 Å². The molecule has 0 unspecified atom stereocenters. The maximum absolute atomic E-state index is 10.7. The lowest BCUT2D eigenvalue weighted by Crippen LogP contribution is -2.28. The SMILES string of the molecule is COC(=O)NC(=O)C=C(C)C. The molecule has 0 heterocycles. The van der Waals surface area contributed by atoms with Crippen LogP contribution in [0.3, 0.4) is 0 Å². The summed E-state index contributed by atoms with van der Waals surface area (Å²) in [5.74, 6) is -0.461. The van der Waals surface area contributed by atoms with Gasteiger partial charge in [-0.3, -0.25) is 10.1 Å². The van der Waals surface area contributed by atoms with Crippen molar-refractivity contribution >= 4 is 12.0 Å². The largest absolute Gasteiger partial charge is 0.453 e. The average Bonchev–Trinajstić information content (AvgIpc) is 1.85. The van der Waals surface area contributed by atoms with E-state index in [1.807, 2.05) is 5.32 Å². The lowest BCUT2D eigenvalue weighted by atomic mass is 10.3. The van der Waals surface area contributed by atoms with Gasteiger partial charge < -0.3 is 4.74 Å². The Morgan fingerprint density at radius 2 is 1.91 bits per heavy atom. The Kier molecular flexibility index (Phi) is 3.95. The average molecular weight is 157 g/mol. The minimum absolute atomic E-state index is 0.461. The van der Waals surface area contributed by atoms with Crippen LogP contribution in [0.1, 0.15) is 13.8 Å². The Hall–Kier alpha value is -1.32. The highest BCUT2D eigenvalue weighted by atomic mass is 16.5. The van der Waals surface area contributed by atoms with Crippen molar-refractivity contribution in [3.63, 3.8) is 0 Å². The van der Waals surface area contributed by atoms with Gasteiger partial charge in [-0.1, -0.05) is 5.57 Å². The third kappa shape index (κ3) is 5.14. The highest BCUT2D eigenvalue weighted by Gasteiger charge is 2.02. The molecule has 2 amide bonds. The van der Waals surface area contributed by atoms with Gasteiger partial charge in [0.1, 0.15) is 0 Å². The van der Waals surface area contributed by atoms with E-state index in [4.69, 9.17) is 0 Å². The number of hydrogen-bond donors (Lipinski definition) is 1. The Morgan fingerprint density at radius 1 is 1.36 bits per heavy atom. The van der Waals surface area contributed by atoms with Gasteiger partial charge in [0.15, 0.2) is 0 Å². The number of rotatable bonds is 1. The Balaban J connectivity index is 3.89. The first-order valence-corrected chi connectivity index (χ1v) is 3.10. The maximum Gasteiger partial charge on any atom is 0.413 e. The van der Waals surface area contributed by atoms with Crippen molar-refractivity contribution in [2.75, 3.05) is 7.11 Å². The van der Waals surface area contributed by atoms with Gasteiger partial charge in [0.25, 0.3) is 5.91 Å². The number of methoxy groups -OCH3 is 1. The summed E-state index contributed by atoms with van der Waals surface area (Å²) in [6, 6.07) is 0. The highest BCUT2D eigenvalue weighted by molar-refractivity contribution is 5.98. The van der Waals surface area contributed by atoms with Crippen molar-refractivity contribution in [1.82, 2.24) is 5.32 Å². The molecule has 1 N–H and O–H groups in total. The third-order valence-corrected chi connectivity index (χ3v) is 0.830. The summed E-state index contributed by atoms with van der Waals surface area (Å²) in [6.45, 7) is 3.52. The number of carbonyl (C=O) groups is 2.